The maximum Gasteiger partial charge on any atom is 0.244 e. The Kier molecular flexibility index (Phi) is 6.56. The molecule has 2 amide bonds. The first-order valence-corrected chi connectivity index (χ1v) is 9.13. The van der Waals surface area contributed by atoms with Crippen LogP contribution in [0.15, 0.2) is 36.4 Å². The van der Waals surface area contributed by atoms with Gasteiger partial charge in [0.15, 0.2) is 0 Å². The number of amides is 2. The van der Waals surface area contributed by atoms with E-state index in [2.05, 4.69) is 19.2 Å². The van der Waals surface area contributed by atoms with Gasteiger partial charge in [0.05, 0.1) is 5.69 Å². The predicted octanol–water partition coefficient (Wildman–Crippen LogP) is 4.42. The number of nitrogens with one attached hydrogen (secondary N) is 1. The molecule has 4 nitrogen and oxygen atoms in total. The minimum Gasteiger partial charge on any atom is -0.324 e. The van der Waals surface area contributed by atoms with E-state index in [1.807, 2.05) is 50.2 Å². The fourth-order valence-electron chi connectivity index (χ4n) is 3.24. The van der Waals surface area contributed by atoms with E-state index in [4.69, 9.17) is 0 Å². The molecule has 0 aliphatic rings. The summed E-state index contributed by atoms with van der Waals surface area (Å²) < 4.78 is 0. The van der Waals surface area contributed by atoms with Crippen LogP contribution in [-0.2, 0) is 22.4 Å². The van der Waals surface area contributed by atoms with Crippen molar-refractivity contribution in [3.05, 3.63) is 58.7 Å². The van der Waals surface area contributed by atoms with Crippen LogP contribution in [0.3, 0.4) is 0 Å². The van der Waals surface area contributed by atoms with E-state index in [1.54, 1.807) is 4.90 Å². The molecular formula is C22H28N2O2. The molecule has 0 aliphatic heterocycles. The van der Waals surface area contributed by atoms with Gasteiger partial charge in [0.25, 0.3) is 0 Å². The first-order valence-electron chi connectivity index (χ1n) is 9.13. The molecule has 2 aromatic carbocycles. The molecule has 2 rings (SSSR count). The molecule has 0 heterocycles. The molecule has 26 heavy (non-hydrogen) atoms. The topological polar surface area (TPSA) is 49.4 Å². The first kappa shape index (κ1) is 19.7. The molecule has 138 valence electrons. The van der Waals surface area contributed by atoms with E-state index in [0.29, 0.717) is 0 Å². The monoisotopic (exact) mass is 352 g/mol. The number of para-hydroxylation sites is 2. The van der Waals surface area contributed by atoms with E-state index >= 15 is 0 Å². The van der Waals surface area contributed by atoms with Crippen molar-refractivity contribution < 1.29 is 9.59 Å². The van der Waals surface area contributed by atoms with E-state index in [-0.39, 0.29) is 18.4 Å². The van der Waals surface area contributed by atoms with Crippen LogP contribution in [0, 0.1) is 13.8 Å². The Morgan fingerprint density at radius 1 is 0.923 bits per heavy atom. The fourth-order valence-corrected chi connectivity index (χ4v) is 3.24. The smallest absolute Gasteiger partial charge is 0.244 e. The van der Waals surface area contributed by atoms with Gasteiger partial charge in [-0.2, -0.15) is 0 Å². The number of anilines is 2. The van der Waals surface area contributed by atoms with Crippen LogP contribution in [0.1, 0.15) is 43.0 Å². The van der Waals surface area contributed by atoms with Crippen LogP contribution in [0.4, 0.5) is 11.4 Å². The van der Waals surface area contributed by atoms with Crippen LogP contribution >= 0.6 is 0 Å². The average molecular weight is 352 g/mol. The SMILES string of the molecule is CCc1cccc(CC)c1N(CC(=O)Nc1c(C)cccc1C)C(C)=O. The first-order chi connectivity index (χ1) is 12.4. The number of aryl methyl sites for hydroxylation is 4. The van der Waals surface area contributed by atoms with Crippen LogP contribution in [0.5, 0.6) is 0 Å². The fraction of sp³-hybridized carbons (Fsp3) is 0.364. The van der Waals surface area contributed by atoms with E-state index in [0.717, 1.165) is 46.5 Å². The normalized spacial score (nSPS) is 10.5. The molecule has 4 heteroatoms. The Balaban J connectivity index is 2.32. The number of nitrogens with zero attached hydrogens (tertiary/aromatic N) is 1. The summed E-state index contributed by atoms with van der Waals surface area (Å²) in [7, 11) is 0. The summed E-state index contributed by atoms with van der Waals surface area (Å²) in [6, 6.07) is 11.9. The van der Waals surface area contributed by atoms with Gasteiger partial charge in [-0.3, -0.25) is 9.59 Å². The standard InChI is InChI=1S/C22H28N2O2/c1-6-18-12-9-13-19(7-2)22(18)24(17(5)25)14-20(26)23-21-15(3)10-8-11-16(21)4/h8-13H,6-7,14H2,1-5H3,(H,23,26). The quantitative estimate of drug-likeness (QED) is 0.836. The van der Waals surface area contributed by atoms with Gasteiger partial charge in [0, 0.05) is 12.6 Å². The lowest BCUT2D eigenvalue weighted by molar-refractivity contribution is -0.120. The van der Waals surface area contributed by atoms with Crippen molar-refractivity contribution in [2.75, 3.05) is 16.8 Å². The highest BCUT2D eigenvalue weighted by Crippen LogP contribution is 2.27. The van der Waals surface area contributed by atoms with Crippen molar-refractivity contribution in [2.24, 2.45) is 0 Å². The average Bonchev–Trinajstić information content (AvgIpc) is 2.62. The van der Waals surface area contributed by atoms with Crippen LogP contribution in [-0.4, -0.2) is 18.4 Å². The molecule has 2 aromatic rings. The second-order valence-electron chi connectivity index (χ2n) is 6.55. The molecule has 0 fully saturated rings. The van der Waals surface area contributed by atoms with Crippen molar-refractivity contribution in [1.82, 2.24) is 0 Å². The zero-order chi connectivity index (χ0) is 19.3. The van der Waals surface area contributed by atoms with Gasteiger partial charge in [0.1, 0.15) is 6.54 Å². The van der Waals surface area contributed by atoms with Crippen molar-refractivity contribution in [3.8, 4) is 0 Å². The number of carbonyl (C=O) groups is 2. The van der Waals surface area contributed by atoms with Gasteiger partial charge in [-0.15, -0.1) is 0 Å². The minimum atomic E-state index is -0.189. The Morgan fingerprint density at radius 3 is 1.88 bits per heavy atom. The molecule has 0 bridgehead atoms. The van der Waals surface area contributed by atoms with Crippen molar-refractivity contribution >= 4 is 23.2 Å². The summed E-state index contributed by atoms with van der Waals surface area (Å²) in [5.74, 6) is -0.317. The lowest BCUT2D eigenvalue weighted by Crippen LogP contribution is -2.38. The highest BCUT2D eigenvalue weighted by atomic mass is 16.2. The summed E-state index contributed by atoms with van der Waals surface area (Å²) in [4.78, 5) is 26.6. The van der Waals surface area contributed by atoms with E-state index < -0.39 is 0 Å². The molecule has 0 saturated heterocycles. The summed E-state index contributed by atoms with van der Waals surface area (Å²) in [5.41, 5.74) is 5.88. The molecule has 0 aromatic heterocycles. The highest BCUT2D eigenvalue weighted by molar-refractivity contribution is 6.03. The molecule has 0 spiro atoms. The number of hydrogen-bond donors (Lipinski definition) is 1. The molecule has 0 radical (unpaired) electrons. The molecule has 1 N–H and O–H groups in total. The lowest BCUT2D eigenvalue weighted by atomic mass is 10.0. The maximum absolute atomic E-state index is 12.7. The zero-order valence-electron chi connectivity index (χ0n) is 16.3. The molecule has 0 unspecified atom stereocenters. The third kappa shape index (κ3) is 4.31. The summed E-state index contributed by atoms with van der Waals surface area (Å²) in [6.45, 7) is 9.58. The molecule has 0 saturated carbocycles. The predicted molar refractivity (Wildman–Crippen MR) is 108 cm³/mol. The Morgan fingerprint density at radius 2 is 1.42 bits per heavy atom. The summed E-state index contributed by atoms with van der Waals surface area (Å²) in [6.07, 6.45) is 1.62. The van der Waals surface area contributed by atoms with Crippen molar-refractivity contribution in [2.45, 2.75) is 47.5 Å². The number of benzene rings is 2. The second-order valence-corrected chi connectivity index (χ2v) is 6.55. The molecule has 0 atom stereocenters. The van der Waals surface area contributed by atoms with Gasteiger partial charge >= 0.3 is 0 Å². The van der Waals surface area contributed by atoms with Gasteiger partial charge in [-0.1, -0.05) is 50.2 Å². The highest BCUT2D eigenvalue weighted by Gasteiger charge is 2.21. The number of carbonyl (C=O) groups excluding carboxylic acids is 2. The van der Waals surface area contributed by atoms with Crippen molar-refractivity contribution in [1.29, 1.82) is 0 Å². The third-order valence-corrected chi connectivity index (χ3v) is 4.66. The number of rotatable bonds is 6. The zero-order valence-corrected chi connectivity index (χ0v) is 16.3. The molecular weight excluding hydrogens is 324 g/mol. The minimum absolute atomic E-state index is 0.00706. The maximum atomic E-state index is 12.7. The lowest BCUT2D eigenvalue weighted by Gasteiger charge is -2.26. The van der Waals surface area contributed by atoms with Gasteiger partial charge < -0.3 is 10.2 Å². The Hall–Kier alpha value is -2.62. The Bertz CT molecular complexity index is 769. The van der Waals surface area contributed by atoms with Gasteiger partial charge in [-0.25, -0.2) is 0 Å². The Labute approximate surface area is 156 Å². The number of hydrogen-bond acceptors (Lipinski definition) is 2. The van der Waals surface area contributed by atoms with Crippen molar-refractivity contribution in [3.63, 3.8) is 0 Å². The third-order valence-electron chi connectivity index (χ3n) is 4.66. The van der Waals surface area contributed by atoms with Crippen LogP contribution < -0.4 is 10.2 Å². The summed E-state index contributed by atoms with van der Waals surface area (Å²) >= 11 is 0. The van der Waals surface area contributed by atoms with Gasteiger partial charge in [0.2, 0.25) is 11.8 Å². The molecule has 0 aliphatic carbocycles. The second kappa shape index (κ2) is 8.65. The van der Waals surface area contributed by atoms with E-state index in [1.165, 1.54) is 6.92 Å². The van der Waals surface area contributed by atoms with Gasteiger partial charge in [-0.05, 0) is 48.9 Å². The van der Waals surface area contributed by atoms with Crippen LogP contribution in [0.2, 0.25) is 0 Å². The van der Waals surface area contributed by atoms with E-state index in [9.17, 15) is 9.59 Å². The largest absolute Gasteiger partial charge is 0.324 e. The summed E-state index contributed by atoms with van der Waals surface area (Å²) in [5, 5.41) is 2.98. The van der Waals surface area contributed by atoms with Crippen LogP contribution in [0.25, 0.3) is 0 Å².